The molecule has 0 bridgehead atoms. The van der Waals surface area contributed by atoms with Gasteiger partial charge < -0.3 is 37.4 Å². The van der Waals surface area contributed by atoms with Crippen molar-refractivity contribution < 1.29 is 36.9 Å². The first-order valence-electron chi connectivity index (χ1n) is 21.9. The van der Waals surface area contributed by atoms with Crippen molar-refractivity contribution in [3.8, 4) is 11.5 Å². The van der Waals surface area contributed by atoms with Crippen LogP contribution in [0.5, 0.6) is 11.5 Å². The number of imidazole rings is 1. The third-order valence-corrected chi connectivity index (χ3v) is 15.4. The van der Waals surface area contributed by atoms with Crippen LogP contribution in [-0.2, 0) is 40.5 Å². The maximum Gasteiger partial charge on any atom is 0.327 e. The van der Waals surface area contributed by atoms with Gasteiger partial charge in [-0.05, 0) is 89.6 Å². The number of aryl methyl sites for hydroxylation is 1. The molecule has 7 aromatic rings. The topological polar surface area (TPSA) is 143 Å². The number of hydrogen-bond acceptors (Lipinski definition) is 13. The van der Waals surface area contributed by atoms with Crippen molar-refractivity contribution in [1.29, 1.82) is 0 Å². The fraction of sp³-hybridized carbons (Fsp3) is 0.375. The molecule has 15 nitrogen and oxygen atoms in total. The number of nitrogens with zero attached hydrogens (tertiary/aromatic N) is 8. The Morgan fingerprint density at radius 1 is 0.896 bits per heavy atom. The first kappa shape index (κ1) is 46.7. The number of alkyl halides is 1. The molecule has 0 spiro atoms. The Morgan fingerprint density at radius 3 is 2.27 bits per heavy atom. The average molecular weight is 967 g/mol. The standard InChI is InChI=1S/C48H49ClFN8O7PS/c1-6-37-31(25-39(37)57-29-54-43-45(49)52-28-53-46(43)57)26-63-66(67,62-24-23-51-3)65-44-40(64-47(41(44)50)58-38-14-10-11-30(2)42(38)55-56-58)27-61-48(32-12-8-7-9-13-32,33-15-19-35(59-4)20-16-33)34-17-21-36(60-5)22-18-34/h7-22,28-29,31,37,39-41,44,47H,6,23-27H2,1-2,4-5H3/t31-,37-,39-,40-,41-,44-,47-,66?/m1/s1. The Hall–Kier alpha value is -5.41. The molecule has 67 heavy (non-hydrogen) atoms. The van der Waals surface area contributed by atoms with Crippen LogP contribution in [0.4, 0.5) is 4.39 Å². The molecule has 4 heterocycles. The van der Waals surface area contributed by atoms with Gasteiger partial charge in [-0.3, -0.25) is 4.52 Å². The summed E-state index contributed by atoms with van der Waals surface area (Å²) in [7, 11) is 3.22. The van der Waals surface area contributed by atoms with E-state index in [9.17, 15) is 0 Å². The van der Waals surface area contributed by atoms with Gasteiger partial charge in [0, 0.05) is 6.04 Å². The van der Waals surface area contributed by atoms with Gasteiger partial charge in [0.05, 0.1) is 39.3 Å². The minimum Gasteiger partial charge on any atom is -0.497 e. The van der Waals surface area contributed by atoms with Gasteiger partial charge >= 0.3 is 6.72 Å². The minimum absolute atomic E-state index is 0.00464. The second-order valence-corrected chi connectivity index (χ2v) is 19.8. The van der Waals surface area contributed by atoms with Gasteiger partial charge in [0.25, 0.3) is 0 Å². The van der Waals surface area contributed by atoms with Crippen LogP contribution in [0, 0.1) is 25.3 Å². The Kier molecular flexibility index (Phi) is 14.0. The van der Waals surface area contributed by atoms with E-state index in [0.717, 1.165) is 35.1 Å². The molecule has 2 fully saturated rings. The zero-order valence-corrected chi connectivity index (χ0v) is 39.7. The summed E-state index contributed by atoms with van der Waals surface area (Å²) in [6.07, 6.45) is -0.934. The monoisotopic (exact) mass is 966 g/mol. The van der Waals surface area contributed by atoms with Crippen LogP contribution >= 0.6 is 18.3 Å². The van der Waals surface area contributed by atoms with Crippen molar-refractivity contribution in [2.75, 3.05) is 40.6 Å². The second-order valence-electron chi connectivity index (χ2n) is 16.5. The summed E-state index contributed by atoms with van der Waals surface area (Å²) in [6.45, 7) is 7.57. The number of ether oxygens (including phenoxy) is 4. The Balaban J connectivity index is 1.06. The number of methoxy groups -OCH3 is 2. The molecule has 1 aliphatic carbocycles. The summed E-state index contributed by atoms with van der Waals surface area (Å²) in [5, 5.41) is 9.08. The van der Waals surface area contributed by atoms with E-state index >= 15 is 4.39 Å². The van der Waals surface area contributed by atoms with Crippen molar-refractivity contribution >= 4 is 52.3 Å². The second kappa shape index (κ2) is 20.0. The van der Waals surface area contributed by atoms with Gasteiger partial charge in [0.2, 0.25) is 6.54 Å². The molecule has 348 valence electrons. The lowest BCUT2D eigenvalue weighted by atomic mass is 9.68. The lowest BCUT2D eigenvalue weighted by Gasteiger charge is -2.45. The van der Waals surface area contributed by atoms with Gasteiger partial charge in [0.1, 0.15) is 53.3 Å². The molecule has 9 rings (SSSR count). The van der Waals surface area contributed by atoms with Crippen LogP contribution in [0.1, 0.15) is 54.3 Å². The highest BCUT2D eigenvalue weighted by Gasteiger charge is 2.52. The largest absolute Gasteiger partial charge is 0.497 e. The highest BCUT2D eigenvalue weighted by atomic mass is 35.5. The minimum atomic E-state index is -3.80. The zero-order chi connectivity index (χ0) is 46.7. The molecule has 1 unspecified atom stereocenters. The van der Waals surface area contributed by atoms with Crippen molar-refractivity contribution in [2.45, 2.75) is 62.9 Å². The normalized spacial score (nSPS) is 22.6. The molecule has 4 aromatic carbocycles. The van der Waals surface area contributed by atoms with Crippen LogP contribution in [0.3, 0.4) is 0 Å². The van der Waals surface area contributed by atoms with Crippen molar-refractivity contribution in [3.63, 3.8) is 0 Å². The smallest absolute Gasteiger partial charge is 0.327 e. The number of hydrogen-bond donors (Lipinski definition) is 0. The highest BCUT2D eigenvalue weighted by molar-refractivity contribution is 8.07. The molecular weight excluding hydrogens is 918 g/mol. The number of halogens is 2. The predicted molar refractivity (Wildman–Crippen MR) is 253 cm³/mol. The van der Waals surface area contributed by atoms with Crippen molar-refractivity contribution in [1.82, 2.24) is 34.5 Å². The van der Waals surface area contributed by atoms with Crippen LogP contribution in [-0.4, -0.2) is 93.5 Å². The van der Waals surface area contributed by atoms with Gasteiger partial charge in [-0.15, -0.1) is 5.10 Å². The van der Waals surface area contributed by atoms with Crippen LogP contribution in [0.15, 0.2) is 110 Å². The van der Waals surface area contributed by atoms with Gasteiger partial charge in [-0.1, -0.05) is 96.9 Å². The first-order valence-corrected chi connectivity index (χ1v) is 24.9. The van der Waals surface area contributed by atoms with Gasteiger partial charge in [-0.25, -0.2) is 30.6 Å². The van der Waals surface area contributed by atoms with E-state index in [0.29, 0.717) is 33.7 Å². The summed E-state index contributed by atoms with van der Waals surface area (Å²) in [6, 6.07) is 30.7. The van der Waals surface area contributed by atoms with E-state index in [4.69, 9.17) is 62.5 Å². The van der Waals surface area contributed by atoms with E-state index in [-0.39, 0.29) is 49.4 Å². The number of rotatable bonds is 19. The molecule has 1 saturated heterocycles. The molecule has 3 aromatic heterocycles. The molecule has 0 radical (unpaired) electrons. The third-order valence-electron chi connectivity index (χ3n) is 12.8. The maximum absolute atomic E-state index is 17.7. The van der Waals surface area contributed by atoms with Gasteiger partial charge in [-0.2, -0.15) is 0 Å². The summed E-state index contributed by atoms with van der Waals surface area (Å²) in [4.78, 5) is 16.5. The number of fused-ring (bicyclic) bond motifs is 2. The molecule has 1 saturated carbocycles. The fourth-order valence-corrected chi connectivity index (χ4v) is 11.6. The lowest BCUT2D eigenvalue weighted by molar-refractivity contribution is -0.0951. The SMILES string of the molecule is [C-]#[N+]CCOP(=S)(OC[C@H]1C[C@@H](n2cnc3c(Cl)ncnc32)[C@@H]1CC)O[C@H]1[C@@H](F)[C@H](n2nnc3c(C)cccc32)O[C@@H]1COC(c1ccccc1)(c1ccc(OC)cc1)c1ccc(OC)cc1. The van der Waals surface area contributed by atoms with E-state index < -0.39 is 36.9 Å². The molecular formula is C48H49ClFN8O7PS. The van der Waals surface area contributed by atoms with E-state index in [2.05, 4.69) is 37.0 Å². The quantitative estimate of drug-likeness (QED) is 0.0250. The van der Waals surface area contributed by atoms with Gasteiger partial charge in [0.15, 0.2) is 23.2 Å². The molecule has 19 heteroatoms. The lowest BCUT2D eigenvalue weighted by Crippen LogP contribution is -2.41. The fourth-order valence-electron chi connectivity index (χ4n) is 9.31. The third kappa shape index (κ3) is 9.05. The molecule has 2 aliphatic rings. The summed E-state index contributed by atoms with van der Waals surface area (Å²) in [5.41, 5.74) is 4.31. The van der Waals surface area contributed by atoms with E-state index in [1.165, 1.54) is 11.0 Å². The predicted octanol–water partition coefficient (Wildman–Crippen LogP) is 9.64. The van der Waals surface area contributed by atoms with Crippen molar-refractivity contribution in [3.05, 3.63) is 149 Å². The molecule has 1 aliphatic heterocycles. The average Bonchev–Trinajstić information content (AvgIpc) is 4.06. The van der Waals surface area contributed by atoms with Crippen LogP contribution in [0.25, 0.3) is 27.0 Å². The number of aromatic nitrogens is 7. The Bertz CT molecular complexity index is 2860. The zero-order valence-electron chi connectivity index (χ0n) is 37.2. The summed E-state index contributed by atoms with van der Waals surface area (Å²) in [5.74, 6) is 1.51. The molecule has 0 N–H and O–H groups in total. The van der Waals surface area contributed by atoms with E-state index in [1.807, 2.05) is 109 Å². The first-order chi connectivity index (χ1) is 32.6. The Labute approximate surface area is 397 Å². The highest BCUT2D eigenvalue weighted by Crippen LogP contribution is 2.57. The maximum atomic E-state index is 17.7. The van der Waals surface area contributed by atoms with E-state index in [1.54, 1.807) is 20.5 Å². The van der Waals surface area contributed by atoms with Crippen LogP contribution < -0.4 is 9.47 Å². The Morgan fingerprint density at radius 2 is 1.60 bits per heavy atom. The van der Waals surface area contributed by atoms with Crippen LogP contribution in [0.2, 0.25) is 5.15 Å². The molecule has 0 amide bonds. The number of benzene rings is 4. The molecule has 8 atom stereocenters. The summed E-state index contributed by atoms with van der Waals surface area (Å²) < 4.78 is 65.6. The summed E-state index contributed by atoms with van der Waals surface area (Å²) >= 11 is 12.5. The van der Waals surface area contributed by atoms with Crippen molar-refractivity contribution in [2.24, 2.45) is 11.8 Å².